The van der Waals surface area contributed by atoms with E-state index in [0.29, 0.717) is 12.8 Å². The Balaban J connectivity index is 1.96. The van der Waals surface area contributed by atoms with E-state index >= 15 is 0 Å². The Bertz CT molecular complexity index is 364. The minimum Gasteiger partial charge on any atom is -0.362 e. The van der Waals surface area contributed by atoms with Gasteiger partial charge in [-0.2, -0.15) is 13.2 Å². The van der Waals surface area contributed by atoms with E-state index in [1.165, 1.54) is 26.9 Å². The van der Waals surface area contributed by atoms with Crippen molar-refractivity contribution in [2.75, 3.05) is 26.7 Å². The van der Waals surface area contributed by atoms with Gasteiger partial charge in [-0.3, -0.25) is 4.79 Å². The molecule has 0 bridgehead atoms. The van der Waals surface area contributed by atoms with E-state index in [1.807, 2.05) is 0 Å². The second kappa shape index (κ2) is 6.52. The Morgan fingerprint density at radius 3 is 2.29 bits per heavy atom. The van der Waals surface area contributed by atoms with Crippen LogP contribution in [0.5, 0.6) is 0 Å². The molecule has 2 fully saturated rings. The molecule has 0 radical (unpaired) electrons. The lowest BCUT2D eigenvalue weighted by molar-refractivity contribution is -0.200. The topological polar surface area (TPSA) is 32.8 Å². The third-order valence-electron chi connectivity index (χ3n) is 4.37. The average Bonchev–Trinajstić information content (AvgIpc) is 3.23. The number of nitrogens with zero attached hydrogens (tertiary/aromatic N) is 2. The van der Waals surface area contributed by atoms with E-state index in [0.717, 1.165) is 30.5 Å². The number of piperidine rings is 1. The number of rotatable bonds is 5. The molecule has 0 aromatic heterocycles. The van der Waals surface area contributed by atoms with Gasteiger partial charge >= 0.3 is 12.1 Å². The zero-order valence-electron chi connectivity index (χ0n) is 12.5. The number of methoxy groups -OCH3 is 1. The van der Waals surface area contributed by atoms with Gasteiger partial charge in [0.2, 0.25) is 0 Å². The Morgan fingerprint density at radius 1 is 1.29 bits per heavy atom. The smallest absolute Gasteiger partial charge is 0.362 e. The minimum absolute atomic E-state index is 0.399. The van der Waals surface area contributed by atoms with E-state index in [9.17, 15) is 18.0 Å². The molecule has 122 valence electrons. The molecule has 0 N–H and O–H groups in total. The number of ether oxygens (including phenoxy) is 1. The molecule has 1 heterocycles. The summed E-state index contributed by atoms with van der Waals surface area (Å²) in [5, 5.41) is 0. The first-order valence-corrected chi connectivity index (χ1v) is 7.47. The Morgan fingerprint density at radius 2 is 1.86 bits per heavy atom. The number of hydrogen-bond donors (Lipinski definition) is 0. The lowest BCUT2D eigenvalue weighted by atomic mass is 10.0. The normalized spacial score (nSPS) is 23.1. The monoisotopic (exact) mass is 308 g/mol. The van der Waals surface area contributed by atoms with Gasteiger partial charge in [0.15, 0.2) is 0 Å². The fourth-order valence-electron chi connectivity index (χ4n) is 2.93. The van der Waals surface area contributed by atoms with Crippen molar-refractivity contribution >= 4 is 5.91 Å². The SMILES string of the molecule is COC(C)N(C(=O)C(F)(F)F)C1CCN(CC2CC2)CC1. The van der Waals surface area contributed by atoms with Gasteiger partial charge in [0, 0.05) is 32.8 Å². The van der Waals surface area contributed by atoms with Gasteiger partial charge in [0.25, 0.3) is 0 Å². The highest BCUT2D eigenvalue weighted by molar-refractivity contribution is 5.82. The quantitative estimate of drug-likeness (QED) is 0.730. The van der Waals surface area contributed by atoms with Crippen LogP contribution in [-0.2, 0) is 9.53 Å². The highest BCUT2D eigenvalue weighted by Crippen LogP contribution is 2.32. The fourth-order valence-corrected chi connectivity index (χ4v) is 2.93. The number of hydrogen-bond acceptors (Lipinski definition) is 3. The second-order valence-electron chi connectivity index (χ2n) is 6.02. The highest BCUT2D eigenvalue weighted by atomic mass is 19.4. The average molecular weight is 308 g/mol. The third-order valence-corrected chi connectivity index (χ3v) is 4.37. The molecule has 1 aliphatic carbocycles. The van der Waals surface area contributed by atoms with E-state index < -0.39 is 24.4 Å². The van der Waals surface area contributed by atoms with Gasteiger partial charge in [0.05, 0.1) is 0 Å². The molecule has 0 aromatic carbocycles. The van der Waals surface area contributed by atoms with Crippen molar-refractivity contribution in [3.63, 3.8) is 0 Å². The molecule has 2 rings (SSSR count). The van der Waals surface area contributed by atoms with E-state index in [2.05, 4.69) is 4.90 Å². The molecule has 1 amide bonds. The number of alkyl halides is 3. The number of carbonyl (C=O) groups is 1. The van der Waals surface area contributed by atoms with Crippen LogP contribution in [-0.4, -0.2) is 60.9 Å². The molecule has 0 spiro atoms. The highest BCUT2D eigenvalue weighted by Gasteiger charge is 2.46. The zero-order valence-corrected chi connectivity index (χ0v) is 12.5. The Hall–Kier alpha value is -0.820. The first-order valence-electron chi connectivity index (χ1n) is 7.47. The molecule has 4 nitrogen and oxygen atoms in total. The van der Waals surface area contributed by atoms with Crippen LogP contribution in [0.1, 0.15) is 32.6 Å². The van der Waals surface area contributed by atoms with Crippen molar-refractivity contribution < 1.29 is 22.7 Å². The molecule has 1 saturated heterocycles. The first kappa shape index (κ1) is 16.5. The molecule has 1 aliphatic heterocycles. The van der Waals surface area contributed by atoms with Crippen LogP contribution in [0.2, 0.25) is 0 Å². The van der Waals surface area contributed by atoms with E-state index in [1.54, 1.807) is 0 Å². The van der Waals surface area contributed by atoms with Gasteiger partial charge in [-0.25, -0.2) is 0 Å². The van der Waals surface area contributed by atoms with Gasteiger partial charge in [-0.05, 0) is 38.5 Å². The van der Waals surface area contributed by atoms with Crippen LogP contribution in [0.25, 0.3) is 0 Å². The summed E-state index contributed by atoms with van der Waals surface area (Å²) in [5.41, 5.74) is 0. The minimum atomic E-state index is -4.85. The molecular formula is C14H23F3N2O2. The molecule has 1 unspecified atom stereocenters. The summed E-state index contributed by atoms with van der Waals surface area (Å²) >= 11 is 0. The second-order valence-corrected chi connectivity index (χ2v) is 6.02. The van der Waals surface area contributed by atoms with Crippen molar-refractivity contribution in [1.82, 2.24) is 9.80 Å². The molecule has 1 atom stereocenters. The predicted octanol–water partition coefficient (Wildman–Crippen LogP) is 2.24. The summed E-state index contributed by atoms with van der Waals surface area (Å²) in [6, 6.07) is -0.399. The summed E-state index contributed by atoms with van der Waals surface area (Å²) in [5.74, 6) is -1.02. The van der Waals surface area contributed by atoms with E-state index in [4.69, 9.17) is 4.74 Å². The van der Waals surface area contributed by atoms with Crippen LogP contribution in [0.4, 0.5) is 13.2 Å². The molecule has 2 aliphatic rings. The Labute approximate surface area is 123 Å². The van der Waals surface area contributed by atoms with Crippen molar-refractivity contribution in [1.29, 1.82) is 0 Å². The van der Waals surface area contributed by atoms with Crippen molar-refractivity contribution in [2.45, 2.75) is 51.1 Å². The largest absolute Gasteiger partial charge is 0.471 e. The van der Waals surface area contributed by atoms with Gasteiger partial charge in [0.1, 0.15) is 6.23 Å². The summed E-state index contributed by atoms with van der Waals surface area (Å²) < 4.78 is 43.2. The maximum Gasteiger partial charge on any atom is 0.471 e. The third kappa shape index (κ3) is 4.32. The summed E-state index contributed by atoms with van der Waals surface area (Å²) in [7, 11) is 1.32. The summed E-state index contributed by atoms with van der Waals surface area (Å²) in [6.45, 7) is 4.03. The molecule has 21 heavy (non-hydrogen) atoms. The molecule has 1 saturated carbocycles. The van der Waals surface area contributed by atoms with Crippen LogP contribution < -0.4 is 0 Å². The maximum atomic E-state index is 12.8. The number of carbonyl (C=O) groups excluding carboxylic acids is 1. The van der Waals surface area contributed by atoms with Crippen LogP contribution in [0.15, 0.2) is 0 Å². The lowest BCUT2D eigenvalue weighted by Crippen LogP contribution is -2.55. The number of amides is 1. The van der Waals surface area contributed by atoms with Crippen LogP contribution >= 0.6 is 0 Å². The van der Waals surface area contributed by atoms with E-state index in [-0.39, 0.29) is 0 Å². The standard InChI is InChI=1S/C14H23F3N2O2/c1-10(21-2)19(13(20)14(15,16)17)12-5-7-18(8-6-12)9-11-3-4-11/h10-12H,3-9H2,1-2H3. The van der Waals surface area contributed by atoms with Crippen molar-refractivity contribution in [3.05, 3.63) is 0 Å². The van der Waals surface area contributed by atoms with Gasteiger partial charge in [-0.15, -0.1) is 0 Å². The first-order chi connectivity index (χ1) is 9.82. The molecule has 0 aromatic rings. The van der Waals surface area contributed by atoms with Crippen LogP contribution in [0.3, 0.4) is 0 Å². The van der Waals surface area contributed by atoms with Gasteiger partial charge in [-0.1, -0.05) is 0 Å². The lowest BCUT2D eigenvalue weighted by Gasteiger charge is -2.41. The van der Waals surface area contributed by atoms with Gasteiger partial charge < -0.3 is 14.5 Å². The van der Waals surface area contributed by atoms with Crippen molar-refractivity contribution in [2.24, 2.45) is 5.92 Å². The fraction of sp³-hybridized carbons (Fsp3) is 0.929. The number of halogens is 3. The Kier molecular flexibility index (Phi) is 5.14. The zero-order chi connectivity index (χ0) is 15.6. The maximum absolute atomic E-state index is 12.8. The molecule has 7 heteroatoms. The summed E-state index contributed by atoms with van der Waals surface area (Å²) in [6.07, 6.45) is -2.04. The molecular weight excluding hydrogens is 285 g/mol. The van der Waals surface area contributed by atoms with Crippen molar-refractivity contribution in [3.8, 4) is 0 Å². The number of likely N-dealkylation sites (tertiary alicyclic amines) is 1. The predicted molar refractivity (Wildman–Crippen MR) is 71.6 cm³/mol. The van der Waals surface area contributed by atoms with Crippen LogP contribution in [0, 0.1) is 5.92 Å². The summed E-state index contributed by atoms with van der Waals surface area (Å²) in [4.78, 5) is 14.8.